The minimum atomic E-state index is -0.554. The van der Waals surface area contributed by atoms with Crippen LogP contribution in [-0.2, 0) is 21.5 Å². The molecule has 2 rings (SSSR count). The molecule has 31 heavy (non-hydrogen) atoms. The van der Waals surface area contributed by atoms with Crippen molar-refractivity contribution in [2.75, 3.05) is 6.61 Å². The zero-order valence-electron chi connectivity index (χ0n) is 19.6. The summed E-state index contributed by atoms with van der Waals surface area (Å²) in [7, 11) is 0. The van der Waals surface area contributed by atoms with Crippen LogP contribution < -0.4 is 10.1 Å². The fraction of sp³-hybridized carbons (Fsp3) is 0.462. The smallest absolute Gasteiger partial charge is 0.261 e. The van der Waals surface area contributed by atoms with Crippen LogP contribution >= 0.6 is 0 Å². The van der Waals surface area contributed by atoms with E-state index in [1.807, 2.05) is 75.4 Å². The Bertz CT molecular complexity index is 839. The molecule has 2 amide bonds. The molecule has 1 unspecified atom stereocenters. The first-order valence-corrected chi connectivity index (χ1v) is 11.0. The van der Waals surface area contributed by atoms with Crippen LogP contribution in [0, 0.1) is 0 Å². The van der Waals surface area contributed by atoms with Crippen LogP contribution in [0.4, 0.5) is 0 Å². The highest BCUT2D eigenvalue weighted by atomic mass is 16.5. The van der Waals surface area contributed by atoms with Crippen molar-refractivity contribution in [1.29, 1.82) is 0 Å². The molecule has 2 aromatic rings. The molecule has 0 aliphatic rings. The zero-order chi connectivity index (χ0) is 23.0. The predicted octanol–water partition coefficient (Wildman–Crippen LogP) is 4.69. The molecular formula is C26H36N2O3. The number of ether oxygens (including phenoxy) is 1. The van der Waals surface area contributed by atoms with E-state index in [0.29, 0.717) is 18.7 Å². The van der Waals surface area contributed by atoms with Gasteiger partial charge >= 0.3 is 0 Å². The van der Waals surface area contributed by atoms with Crippen molar-refractivity contribution in [2.45, 2.75) is 72.0 Å². The molecule has 5 nitrogen and oxygen atoms in total. The average molecular weight is 425 g/mol. The second-order valence-electron chi connectivity index (χ2n) is 9.16. The third-order valence-corrected chi connectivity index (χ3v) is 5.10. The summed E-state index contributed by atoms with van der Waals surface area (Å²) in [5.74, 6) is 0.284. The summed E-state index contributed by atoms with van der Waals surface area (Å²) >= 11 is 0. The number of nitrogens with one attached hydrogen (secondary N) is 1. The molecule has 0 saturated heterocycles. The molecule has 0 fully saturated rings. The van der Waals surface area contributed by atoms with Crippen LogP contribution in [0.1, 0.15) is 59.1 Å². The lowest BCUT2D eigenvalue weighted by Crippen LogP contribution is -2.51. The molecule has 0 aromatic heterocycles. The SMILES string of the molecule is CCC(C(=O)NC(C)C)N(Cc1ccccc1)C(=O)COc1ccc(C(C)(C)C)cc1. The van der Waals surface area contributed by atoms with Crippen molar-refractivity contribution in [2.24, 2.45) is 0 Å². The number of amides is 2. The number of rotatable bonds is 9. The first-order chi connectivity index (χ1) is 14.6. The van der Waals surface area contributed by atoms with Crippen molar-refractivity contribution in [3.63, 3.8) is 0 Å². The van der Waals surface area contributed by atoms with Crippen molar-refractivity contribution in [3.05, 3.63) is 65.7 Å². The van der Waals surface area contributed by atoms with Crippen LogP contribution in [0.15, 0.2) is 54.6 Å². The molecule has 0 aliphatic carbocycles. The predicted molar refractivity (Wildman–Crippen MR) is 125 cm³/mol. The largest absolute Gasteiger partial charge is 0.484 e. The standard InChI is InChI=1S/C26H36N2O3/c1-7-23(25(30)27-19(2)3)28(17-20-11-9-8-10-12-20)24(29)18-31-22-15-13-21(14-16-22)26(4,5)6/h8-16,19,23H,7,17-18H2,1-6H3,(H,27,30). The molecule has 5 heteroatoms. The van der Waals surface area contributed by atoms with Gasteiger partial charge in [-0.2, -0.15) is 0 Å². The maximum absolute atomic E-state index is 13.2. The van der Waals surface area contributed by atoms with Crippen LogP contribution in [-0.4, -0.2) is 35.4 Å². The number of carbonyl (C=O) groups excluding carboxylic acids is 2. The molecule has 0 spiro atoms. The van der Waals surface area contributed by atoms with Crippen LogP contribution in [0.5, 0.6) is 5.75 Å². The van der Waals surface area contributed by atoms with Gasteiger partial charge in [-0.05, 0) is 48.9 Å². The molecule has 0 saturated carbocycles. The molecule has 1 N–H and O–H groups in total. The maximum Gasteiger partial charge on any atom is 0.261 e. The van der Waals surface area contributed by atoms with Gasteiger partial charge in [0.15, 0.2) is 6.61 Å². The van der Waals surface area contributed by atoms with Gasteiger partial charge in [0, 0.05) is 12.6 Å². The lowest BCUT2D eigenvalue weighted by Gasteiger charge is -2.31. The summed E-state index contributed by atoms with van der Waals surface area (Å²) in [5, 5.41) is 2.94. The Balaban J connectivity index is 2.15. The van der Waals surface area contributed by atoms with E-state index in [9.17, 15) is 9.59 Å². The quantitative estimate of drug-likeness (QED) is 0.635. The molecule has 0 aliphatic heterocycles. The normalized spacial score (nSPS) is 12.4. The van der Waals surface area contributed by atoms with E-state index in [4.69, 9.17) is 4.74 Å². The monoisotopic (exact) mass is 424 g/mol. The number of benzene rings is 2. The highest BCUT2D eigenvalue weighted by Crippen LogP contribution is 2.24. The minimum Gasteiger partial charge on any atom is -0.484 e. The fourth-order valence-corrected chi connectivity index (χ4v) is 3.36. The number of nitrogens with zero attached hydrogens (tertiary/aromatic N) is 1. The first kappa shape index (κ1) is 24.4. The van der Waals surface area contributed by atoms with Gasteiger partial charge in [0.05, 0.1) is 0 Å². The highest BCUT2D eigenvalue weighted by molar-refractivity contribution is 5.88. The van der Waals surface area contributed by atoms with E-state index in [1.54, 1.807) is 4.90 Å². The van der Waals surface area contributed by atoms with Crippen molar-refractivity contribution in [3.8, 4) is 5.75 Å². The summed E-state index contributed by atoms with van der Waals surface area (Å²) in [6.45, 7) is 12.4. The average Bonchev–Trinajstić information content (AvgIpc) is 2.71. The van der Waals surface area contributed by atoms with Crippen LogP contribution in [0.3, 0.4) is 0 Å². The summed E-state index contributed by atoms with van der Waals surface area (Å²) in [6, 6.07) is 17.0. The van der Waals surface area contributed by atoms with Gasteiger partial charge in [0.1, 0.15) is 11.8 Å². The number of hydrogen-bond acceptors (Lipinski definition) is 3. The lowest BCUT2D eigenvalue weighted by molar-refractivity contribution is -0.143. The van der Waals surface area contributed by atoms with Gasteiger partial charge in [-0.15, -0.1) is 0 Å². The highest BCUT2D eigenvalue weighted by Gasteiger charge is 2.29. The van der Waals surface area contributed by atoms with E-state index in [0.717, 1.165) is 5.56 Å². The summed E-state index contributed by atoms with van der Waals surface area (Å²) in [5.41, 5.74) is 2.23. The molecule has 1 atom stereocenters. The Kier molecular flexibility index (Phi) is 8.66. The second-order valence-corrected chi connectivity index (χ2v) is 9.16. The Hall–Kier alpha value is -2.82. The molecule has 168 valence electrons. The fourth-order valence-electron chi connectivity index (χ4n) is 3.36. The molecule has 0 radical (unpaired) electrons. The molecule has 0 bridgehead atoms. The summed E-state index contributed by atoms with van der Waals surface area (Å²) in [4.78, 5) is 27.6. The Morgan fingerprint density at radius 1 is 1.00 bits per heavy atom. The van der Waals surface area contributed by atoms with E-state index < -0.39 is 6.04 Å². The van der Waals surface area contributed by atoms with E-state index in [1.165, 1.54) is 5.56 Å². The maximum atomic E-state index is 13.2. The van der Waals surface area contributed by atoms with Gasteiger partial charge in [0.2, 0.25) is 5.91 Å². The first-order valence-electron chi connectivity index (χ1n) is 11.0. The number of carbonyl (C=O) groups is 2. The Morgan fingerprint density at radius 3 is 2.13 bits per heavy atom. The van der Waals surface area contributed by atoms with E-state index in [-0.39, 0.29) is 29.9 Å². The van der Waals surface area contributed by atoms with E-state index >= 15 is 0 Å². The van der Waals surface area contributed by atoms with Gasteiger partial charge in [-0.3, -0.25) is 9.59 Å². The lowest BCUT2D eigenvalue weighted by atomic mass is 9.87. The second kappa shape index (κ2) is 11.0. The van der Waals surface area contributed by atoms with E-state index in [2.05, 4.69) is 26.1 Å². The summed E-state index contributed by atoms with van der Waals surface area (Å²) in [6.07, 6.45) is 0.525. The van der Waals surface area contributed by atoms with Crippen molar-refractivity contribution >= 4 is 11.8 Å². The molecule has 0 heterocycles. The van der Waals surface area contributed by atoms with Gasteiger partial charge in [-0.1, -0.05) is 70.2 Å². The molecule has 2 aromatic carbocycles. The Labute approximate surface area is 186 Å². The zero-order valence-corrected chi connectivity index (χ0v) is 19.6. The number of hydrogen-bond donors (Lipinski definition) is 1. The topological polar surface area (TPSA) is 58.6 Å². The van der Waals surface area contributed by atoms with Gasteiger partial charge in [0.25, 0.3) is 5.91 Å². The van der Waals surface area contributed by atoms with Crippen LogP contribution in [0.25, 0.3) is 0 Å². The Morgan fingerprint density at radius 2 is 1.61 bits per heavy atom. The van der Waals surface area contributed by atoms with Crippen molar-refractivity contribution < 1.29 is 14.3 Å². The van der Waals surface area contributed by atoms with Crippen molar-refractivity contribution in [1.82, 2.24) is 10.2 Å². The van der Waals surface area contributed by atoms with Gasteiger partial charge in [-0.25, -0.2) is 0 Å². The van der Waals surface area contributed by atoms with Gasteiger partial charge < -0.3 is 15.0 Å². The summed E-state index contributed by atoms with van der Waals surface area (Å²) < 4.78 is 5.79. The third kappa shape index (κ3) is 7.42. The van der Waals surface area contributed by atoms with Crippen LogP contribution in [0.2, 0.25) is 0 Å². The third-order valence-electron chi connectivity index (χ3n) is 5.10. The molecular weight excluding hydrogens is 388 g/mol. The minimum absolute atomic E-state index is 0.00723.